The van der Waals surface area contributed by atoms with Crippen LogP contribution in [-0.2, 0) is 6.42 Å². The maximum atomic E-state index is 5.95. The molecule has 106 valence electrons. The van der Waals surface area contributed by atoms with E-state index in [0.717, 1.165) is 33.8 Å². The second kappa shape index (κ2) is 5.02. The molecule has 0 aliphatic heterocycles. The van der Waals surface area contributed by atoms with Gasteiger partial charge in [0.05, 0.1) is 11.7 Å². The van der Waals surface area contributed by atoms with Crippen LogP contribution in [0, 0.1) is 0 Å². The molecule has 5 heteroatoms. The minimum atomic E-state index is 0.127. The zero-order chi connectivity index (χ0) is 14.2. The third-order valence-corrected chi connectivity index (χ3v) is 4.46. The summed E-state index contributed by atoms with van der Waals surface area (Å²) >= 11 is 1.65. The van der Waals surface area contributed by atoms with Gasteiger partial charge in [-0.1, -0.05) is 18.2 Å². The Hall–Kier alpha value is -2.11. The maximum Gasteiger partial charge on any atom is 0.193 e. The van der Waals surface area contributed by atoms with Gasteiger partial charge in [-0.05, 0) is 19.2 Å². The average Bonchev–Trinajstić information content (AvgIpc) is 3.17. The molecule has 0 spiro atoms. The molecule has 1 N–H and O–H groups in total. The Morgan fingerprint density at radius 1 is 1.38 bits per heavy atom. The molecule has 0 saturated heterocycles. The summed E-state index contributed by atoms with van der Waals surface area (Å²) in [5, 5.41) is 6.50. The van der Waals surface area contributed by atoms with Crippen LogP contribution >= 0.6 is 11.3 Å². The quantitative estimate of drug-likeness (QED) is 0.625. The lowest BCUT2D eigenvalue weighted by Crippen LogP contribution is -2.18. The van der Waals surface area contributed by atoms with Crippen molar-refractivity contribution in [3.63, 3.8) is 0 Å². The Labute approximate surface area is 126 Å². The van der Waals surface area contributed by atoms with Gasteiger partial charge in [0.25, 0.3) is 0 Å². The van der Waals surface area contributed by atoms with Crippen LogP contribution in [0.3, 0.4) is 0 Å². The lowest BCUT2D eigenvalue weighted by atomic mass is 10.1. The number of benzene rings is 1. The second-order valence-electron chi connectivity index (χ2n) is 5.06. The molecule has 1 unspecified atom stereocenters. The van der Waals surface area contributed by atoms with Crippen LogP contribution in [0.15, 0.2) is 52.5 Å². The molecule has 0 saturated carbocycles. The Kier molecular flexibility index (Phi) is 3.02. The summed E-state index contributed by atoms with van der Waals surface area (Å²) in [5.74, 6) is 0.954. The Morgan fingerprint density at radius 2 is 2.29 bits per heavy atom. The van der Waals surface area contributed by atoms with Gasteiger partial charge in [-0.2, -0.15) is 0 Å². The molecule has 0 radical (unpaired) electrons. The van der Waals surface area contributed by atoms with Crippen LogP contribution in [-0.4, -0.2) is 16.4 Å². The minimum Gasteiger partial charge on any atom is -0.459 e. The van der Waals surface area contributed by atoms with E-state index in [4.69, 9.17) is 4.42 Å². The molecule has 1 aromatic carbocycles. The van der Waals surface area contributed by atoms with Crippen LogP contribution in [0.5, 0.6) is 0 Å². The topological polar surface area (TPSA) is 42.5 Å². The zero-order valence-electron chi connectivity index (χ0n) is 11.6. The third kappa shape index (κ3) is 2.24. The fourth-order valence-corrected chi connectivity index (χ4v) is 3.32. The van der Waals surface area contributed by atoms with E-state index in [-0.39, 0.29) is 6.04 Å². The molecule has 4 rings (SSSR count). The smallest absolute Gasteiger partial charge is 0.193 e. The number of rotatable bonds is 4. The molecular formula is C16H15N3OS. The first-order valence-corrected chi connectivity index (χ1v) is 7.78. The zero-order valence-corrected chi connectivity index (χ0v) is 12.4. The molecule has 0 bridgehead atoms. The van der Waals surface area contributed by atoms with Crippen molar-refractivity contribution in [2.45, 2.75) is 12.5 Å². The van der Waals surface area contributed by atoms with E-state index >= 15 is 0 Å². The number of nitrogens with zero attached hydrogens (tertiary/aromatic N) is 2. The van der Waals surface area contributed by atoms with Gasteiger partial charge in [-0.3, -0.25) is 4.40 Å². The molecule has 4 nitrogen and oxygen atoms in total. The Bertz CT molecular complexity index is 827. The van der Waals surface area contributed by atoms with Gasteiger partial charge >= 0.3 is 0 Å². The summed E-state index contributed by atoms with van der Waals surface area (Å²) < 4.78 is 8.02. The molecule has 3 heterocycles. The van der Waals surface area contributed by atoms with Crippen molar-refractivity contribution in [2.75, 3.05) is 7.05 Å². The van der Waals surface area contributed by atoms with Crippen LogP contribution in [0.25, 0.3) is 15.9 Å². The van der Waals surface area contributed by atoms with Crippen LogP contribution in [0.4, 0.5) is 0 Å². The number of fused-ring (bicyclic) bond motifs is 2. The van der Waals surface area contributed by atoms with Gasteiger partial charge in [0.15, 0.2) is 4.96 Å². The lowest BCUT2D eigenvalue weighted by molar-refractivity contribution is 0.449. The van der Waals surface area contributed by atoms with Crippen molar-refractivity contribution < 1.29 is 4.42 Å². The Morgan fingerprint density at radius 3 is 3.10 bits per heavy atom. The Balaban J connectivity index is 1.65. The summed E-state index contributed by atoms with van der Waals surface area (Å²) in [6.45, 7) is 0. The third-order valence-electron chi connectivity index (χ3n) is 3.69. The highest BCUT2D eigenvalue weighted by Crippen LogP contribution is 2.26. The van der Waals surface area contributed by atoms with Gasteiger partial charge in [0.1, 0.15) is 11.3 Å². The van der Waals surface area contributed by atoms with E-state index in [2.05, 4.69) is 33.0 Å². The van der Waals surface area contributed by atoms with Crippen molar-refractivity contribution in [2.24, 2.45) is 0 Å². The number of hydrogen-bond acceptors (Lipinski definition) is 4. The first kappa shape index (κ1) is 12.6. The summed E-state index contributed by atoms with van der Waals surface area (Å²) in [5.41, 5.74) is 2.00. The van der Waals surface area contributed by atoms with Crippen LogP contribution in [0.1, 0.15) is 17.5 Å². The standard InChI is InChI=1S/C16H15N3OS/c1-17-13(9-12-10-19-6-7-21-16(19)18-12)15-8-11-4-2-3-5-14(11)20-15/h2-8,10,13,17H,9H2,1H3. The first-order valence-electron chi connectivity index (χ1n) is 6.90. The molecule has 21 heavy (non-hydrogen) atoms. The highest BCUT2D eigenvalue weighted by atomic mass is 32.1. The largest absolute Gasteiger partial charge is 0.459 e. The summed E-state index contributed by atoms with van der Waals surface area (Å²) in [6.07, 6.45) is 4.93. The minimum absolute atomic E-state index is 0.127. The number of imidazole rings is 1. The highest BCUT2D eigenvalue weighted by Gasteiger charge is 2.17. The number of thiazole rings is 1. The second-order valence-corrected chi connectivity index (χ2v) is 5.93. The maximum absolute atomic E-state index is 5.95. The van der Waals surface area contributed by atoms with E-state index in [9.17, 15) is 0 Å². The number of aromatic nitrogens is 2. The predicted octanol–water partition coefficient (Wildman–Crippen LogP) is 3.65. The molecule has 0 aliphatic carbocycles. The number of para-hydroxylation sites is 1. The highest BCUT2D eigenvalue weighted by molar-refractivity contribution is 7.15. The number of likely N-dealkylation sites (N-methyl/N-ethyl adjacent to an activating group) is 1. The SMILES string of the molecule is CNC(Cc1cn2ccsc2n1)c1cc2ccccc2o1. The van der Waals surface area contributed by atoms with Crippen molar-refractivity contribution in [1.29, 1.82) is 0 Å². The summed E-state index contributed by atoms with van der Waals surface area (Å²) in [4.78, 5) is 5.67. The van der Waals surface area contributed by atoms with E-state index in [1.165, 1.54) is 0 Å². The molecule has 0 aliphatic rings. The van der Waals surface area contributed by atoms with E-state index in [0.29, 0.717) is 0 Å². The number of hydrogen-bond donors (Lipinski definition) is 1. The summed E-state index contributed by atoms with van der Waals surface area (Å²) in [6, 6.07) is 10.3. The van der Waals surface area contributed by atoms with E-state index < -0.39 is 0 Å². The molecular weight excluding hydrogens is 282 g/mol. The fourth-order valence-electron chi connectivity index (χ4n) is 2.60. The monoisotopic (exact) mass is 297 g/mol. The molecule has 3 aromatic heterocycles. The molecule has 4 aromatic rings. The molecule has 1 atom stereocenters. The predicted molar refractivity (Wildman–Crippen MR) is 84.8 cm³/mol. The van der Waals surface area contributed by atoms with E-state index in [1.54, 1.807) is 11.3 Å². The van der Waals surface area contributed by atoms with Crippen molar-refractivity contribution in [3.05, 3.63) is 59.6 Å². The molecule has 0 fully saturated rings. The van der Waals surface area contributed by atoms with Gasteiger partial charge < -0.3 is 9.73 Å². The van der Waals surface area contributed by atoms with Crippen molar-refractivity contribution >= 4 is 27.3 Å². The summed E-state index contributed by atoms with van der Waals surface area (Å²) in [7, 11) is 1.95. The van der Waals surface area contributed by atoms with Crippen LogP contribution in [0.2, 0.25) is 0 Å². The van der Waals surface area contributed by atoms with Crippen LogP contribution < -0.4 is 5.32 Å². The van der Waals surface area contributed by atoms with Gasteiger partial charge in [-0.25, -0.2) is 4.98 Å². The van der Waals surface area contributed by atoms with Gasteiger partial charge in [-0.15, -0.1) is 11.3 Å². The van der Waals surface area contributed by atoms with Crippen molar-refractivity contribution in [1.82, 2.24) is 14.7 Å². The van der Waals surface area contributed by atoms with Gasteiger partial charge in [0.2, 0.25) is 0 Å². The normalized spacial score (nSPS) is 13.2. The van der Waals surface area contributed by atoms with E-state index in [1.807, 2.05) is 36.8 Å². The fraction of sp³-hybridized carbons (Fsp3) is 0.188. The number of nitrogens with one attached hydrogen (secondary N) is 1. The number of furan rings is 1. The molecule has 0 amide bonds. The van der Waals surface area contributed by atoms with Gasteiger partial charge in [0, 0.05) is 29.6 Å². The van der Waals surface area contributed by atoms with Crippen molar-refractivity contribution in [3.8, 4) is 0 Å². The first-order chi connectivity index (χ1) is 10.3. The average molecular weight is 297 g/mol. The lowest BCUT2D eigenvalue weighted by Gasteiger charge is -2.11.